The predicted molar refractivity (Wildman–Crippen MR) is 125 cm³/mol. The molecule has 1 saturated heterocycles. The van der Waals surface area contributed by atoms with Crippen molar-refractivity contribution < 1.29 is 46.2 Å². The molecule has 3 rings (SSSR count). The van der Waals surface area contributed by atoms with Gasteiger partial charge in [-0.3, -0.25) is 9.52 Å². The van der Waals surface area contributed by atoms with Crippen LogP contribution in [0, 0.1) is 0 Å². The van der Waals surface area contributed by atoms with Crippen molar-refractivity contribution in [3.8, 4) is 0 Å². The summed E-state index contributed by atoms with van der Waals surface area (Å²) in [6.07, 6.45) is -0.828. The lowest BCUT2D eigenvalue weighted by Crippen LogP contribution is -2.26. The zero-order valence-electron chi connectivity index (χ0n) is 19.2. The fourth-order valence-corrected chi connectivity index (χ4v) is 4.49. The number of aromatic carboxylic acids is 1. The number of aliphatic carboxylic acids is 1. The molecule has 1 fully saturated rings. The van der Waals surface area contributed by atoms with Gasteiger partial charge in [0.05, 0.1) is 16.1 Å². The molecule has 2 aromatic rings. The Morgan fingerprint density at radius 1 is 0.917 bits per heavy atom. The van der Waals surface area contributed by atoms with Gasteiger partial charge in [-0.15, -0.1) is 0 Å². The number of hydrogen-bond donors (Lipinski definition) is 3. The highest BCUT2D eigenvalue weighted by molar-refractivity contribution is 7.92. The van der Waals surface area contributed by atoms with E-state index in [1.165, 1.54) is 37.3 Å². The fourth-order valence-electron chi connectivity index (χ4n) is 3.44. The Labute approximate surface area is 205 Å². The minimum absolute atomic E-state index is 0.00373. The molecule has 2 aromatic carbocycles. The van der Waals surface area contributed by atoms with Crippen LogP contribution >= 0.6 is 0 Å². The summed E-state index contributed by atoms with van der Waals surface area (Å²) in [5, 5.41) is 16.8. The van der Waals surface area contributed by atoms with Gasteiger partial charge in [-0.1, -0.05) is 25.0 Å². The molecule has 0 amide bonds. The number of Topliss-reactive ketones (excluding diaryl/α,β-unsaturated/α-hetero) is 1. The minimum Gasteiger partial charge on any atom is -0.478 e. The average Bonchev–Trinajstić information content (AvgIpc) is 3.08. The number of benzene rings is 2. The van der Waals surface area contributed by atoms with Gasteiger partial charge < -0.3 is 15.1 Å². The normalized spacial score (nSPS) is 14.2. The maximum atomic E-state index is 12.6. The highest BCUT2D eigenvalue weighted by atomic mass is 32.2. The first-order valence-corrected chi connectivity index (χ1v) is 12.3. The lowest BCUT2D eigenvalue weighted by Gasteiger charge is -2.24. The first-order chi connectivity index (χ1) is 16.7. The monoisotopic (exact) mass is 530 g/mol. The van der Waals surface area contributed by atoms with Crippen LogP contribution in [-0.2, 0) is 14.8 Å². The number of alkyl halides is 3. The number of nitrogens with zero attached hydrogens (tertiary/aromatic N) is 1. The van der Waals surface area contributed by atoms with Crippen molar-refractivity contribution in [2.45, 2.75) is 43.7 Å². The molecule has 3 N–H and O–H groups in total. The molecule has 36 heavy (non-hydrogen) atoms. The molecule has 0 saturated carbocycles. The van der Waals surface area contributed by atoms with Crippen LogP contribution in [0.15, 0.2) is 47.4 Å². The van der Waals surface area contributed by atoms with Crippen molar-refractivity contribution >= 4 is 39.1 Å². The molecule has 0 bridgehead atoms. The summed E-state index contributed by atoms with van der Waals surface area (Å²) in [7, 11) is -3.91. The Morgan fingerprint density at radius 3 is 1.89 bits per heavy atom. The van der Waals surface area contributed by atoms with Gasteiger partial charge in [-0.2, -0.15) is 13.2 Å². The second-order valence-electron chi connectivity index (χ2n) is 7.93. The summed E-state index contributed by atoms with van der Waals surface area (Å²) in [5.41, 5.74) is 1.27. The molecule has 0 radical (unpaired) electrons. The number of carboxylic acids is 2. The van der Waals surface area contributed by atoms with Gasteiger partial charge in [-0.05, 0) is 50.1 Å². The number of anilines is 2. The van der Waals surface area contributed by atoms with Crippen molar-refractivity contribution in [3.05, 3.63) is 53.6 Å². The van der Waals surface area contributed by atoms with Crippen molar-refractivity contribution in [1.29, 1.82) is 0 Å². The number of ketones is 1. The Bertz CT molecular complexity index is 1210. The second-order valence-corrected chi connectivity index (χ2v) is 9.61. The Kier molecular flexibility index (Phi) is 9.45. The van der Waals surface area contributed by atoms with Crippen molar-refractivity contribution in [3.63, 3.8) is 0 Å². The molecule has 1 aliphatic rings. The summed E-state index contributed by atoms with van der Waals surface area (Å²) < 4.78 is 59.4. The van der Waals surface area contributed by atoms with Gasteiger partial charge in [0.2, 0.25) is 0 Å². The number of carboxylic acid groups (broad SMARTS) is 2. The van der Waals surface area contributed by atoms with Gasteiger partial charge in [0, 0.05) is 24.3 Å². The summed E-state index contributed by atoms with van der Waals surface area (Å²) in [5.74, 6) is -4.01. The Hall–Kier alpha value is -3.61. The number of carbonyl (C=O) groups excluding carboxylic acids is 1. The number of carbonyl (C=O) groups is 3. The lowest BCUT2D eigenvalue weighted by atomic mass is 10.1. The smallest absolute Gasteiger partial charge is 0.478 e. The Morgan fingerprint density at radius 2 is 1.44 bits per heavy atom. The fraction of sp³-hybridized carbons (Fsp3) is 0.348. The molecule has 0 atom stereocenters. The predicted octanol–water partition coefficient (Wildman–Crippen LogP) is 4.40. The van der Waals surface area contributed by atoms with E-state index < -0.39 is 28.1 Å². The largest absolute Gasteiger partial charge is 0.490 e. The molecule has 0 aromatic heterocycles. The maximum Gasteiger partial charge on any atom is 0.490 e. The van der Waals surface area contributed by atoms with Crippen LogP contribution in [-0.4, -0.2) is 55.6 Å². The topological polar surface area (TPSA) is 141 Å². The van der Waals surface area contributed by atoms with Crippen molar-refractivity contribution in [2.24, 2.45) is 0 Å². The first-order valence-electron chi connectivity index (χ1n) is 10.8. The number of nitrogens with one attached hydrogen (secondary N) is 1. The molecule has 1 heterocycles. The molecule has 0 spiro atoms. The molecule has 0 unspecified atom stereocenters. The molecule has 1 aliphatic heterocycles. The van der Waals surface area contributed by atoms with Crippen LogP contribution < -0.4 is 9.62 Å². The van der Waals surface area contributed by atoms with E-state index in [4.69, 9.17) is 9.90 Å². The summed E-state index contributed by atoms with van der Waals surface area (Å²) in [6.45, 7) is 2.97. The average molecular weight is 531 g/mol. The molecule has 13 heteroatoms. The van der Waals surface area contributed by atoms with E-state index in [1.807, 2.05) is 0 Å². The van der Waals surface area contributed by atoms with E-state index in [1.54, 1.807) is 12.1 Å². The summed E-state index contributed by atoms with van der Waals surface area (Å²) in [6, 6.07) is 10.2. The van der Waals surface area contributed by atoms with Crippen molar-refractivity contribution in [1.82, 2.24) is 0 Å². The van der Waals surface area contributed by atoms with Gasteiger partial charge in [0.1, 0.15) is 0 Å². The maximum absolute atomic E-state index is 12.6. The molecular weight excluding hydrogens is 505 g/mol. The quantitative estimate of drug-likeness (QED) is 0.467. The third kappa shape index (κ3) is 7.97. The van der Waals surface area contributed by atoms with E-state index >= 15 is 0 Å². The van der Waals surface area contributed by atoms with E-state index in [0.29, 0.717) is 11.3 Å². The molecule has 196 valence electrons. The van der Waals surface area contributed by atoms with Gasteiger partial charge in [0.15, 0.2) is 5.78 Å². The number of sulfonamides is 1. The molecular formula is C23H25F3N2O7S. The molecule has 0 aliphatic carbocycles. The van der Waals surface area contributed by atoms with Gasteiger partial charge in [0.25, 0.3) is 10.0 Å². The number of halogens is 3. The van der Waals surface area contributed by atoms with Crippen LogP contribution in [0.2, 0.25) is 0 Å². The summed E-state index contributed by atoms with van der Waals surface area (Å²) >= 11 is 0. The third-order valence-electron chi connectivity index (χ3n) is 5.24. The Balaban J connectivity index is 0.000000572. The van der Waals surface area contributed by atoms with E-state index in [2.05, 4.69) is 9.62 Å². The van der Waals surface area contributed by atoms with Crippen LogP contribution in [0.4, 0.5) is 24.5 Å². The van der Waals surface area contributed by atoms with Crippen LogP contribution in [0.1, 0.15) is 53.3 Å². The lowest BCUT2D eigenvalue weighted by molar-refractivity contribution is -0.192. The van der Waals surface area contributed by atoms with Crippen LogP contribution in [0.25, 0.3) is 0 Å². The zero-order valence-corrected chi connectivity index (χ0v) is 20.0. The SMILES string of the molecule is CC(=O)c1ccc(S(=O)(=O)Nc2ccc(N3CCCCCC3)c(C(=O)O)c2)cc1.O=C(O)C(F)(F)F. The number of rotatable bonds is 6. The second kappa shape index (κ2) is 11.9. The van der Waals surface area contributed by atoms with Gasteiger partial charge in [-0.25, -0.2) is 18.0 Å². The summed E-state index contributed by atoms with van der Waals surface area (Å²) in [4.78, 5) is 34.1. The third-order valence-corrected chi connectivity index (χ3v) is 6.64. The van der Waals surface area contributed by atoms with E-state index in [0.717, 1.165) is 38.8 Å². The van der Waals surface area contributed by atoms with E-state index in [-0.39, 0.29) is 21.9 Å². The highest BCUT2D eigenvalue weighted by Gasteiger charge is 2.38. The van der Waals surface area contributed by atoms with Crippen LogP contribution in [0.5, 0.6) is 0 Å². The minimum atomic E-state index is -5.08. The highest BCUT2D eigenvalue weighted by Crippen LogP contribution is 2.28. The standard InChI is InChI=1S/C21H24N2O5S.C2HF3O2/c1-15(24)16-6-9-18(10-7-16)29(27,28)22-17-8-11-20(19(14-17)21(25)26)23-12-4-2-3-5-13-23;3-2(4,5)1(6)7/h6-11,14,22H,2-5,12-13H2,1H3,(H,25,26);(H,6,7). The number of hydrogen-bond acceptors (Lipinski definition) is 6. The molecule has 9 nitrogen and oxygen atoms in total. The zero-order chi connectivity index (χ0) is 27.1. The van der Waals surface area contributed by atoms with Gasteiger partial charge >= 0.3 is 18.1 Å². The first kappa shape index (κ1) is 28.6. The van der Waals surface area contributed by atoms with E-state index in [9.17, 15) is 36.3 Å². The van der Waals surface area contributed by atoms with Crippen LogP contribution in [0.3, 0.4) is 0 Å². The van der Waals surface area contributed by atoms with Crippen molar-refractivity contribution in [2.75, 3.05) is 22.7 Å².